The number of benzene rings is 2. The van der Waals surface area contributed by atoms with E-state index in [1.165, 1.54) is 7.11 Å². The van der Waals surface area contributed by atoms with E-state index < -0.39 is 12.2 Å². The van der Waals surface area contributed by atoms with Gasteiger partial charge in [-0.15, -0.1) is 0 Å². The first-order valence-corrected chi connectivity index (χ1v) is 6.11. The van der Waals surface area contributed by atoms with Crippen LogP contribution in [0.2, 0.25) is 0 Å². The minimum Gasteiger partial charge on any atom is -0.453 e. The quantitative estimate of drug-likeness (QED) is 0.907. The Kier molecular flexibility index (Phi) is 4.40. The van der Waals surface area contributed by atoms with Crippen LogP contribution in [0.4, 0.5) is 15.3 Å². The van der Waals surface area contributed by atoms with Gasteiger partial charge in [0.15, 0.2) is 0 Å². The molecule has 2 amide bonds. The van der Waals surface area contributed by atoms with E-state index in [2.05, 4.69) is 10.1 Å². The van der Waals surface area contributed by atoms with Gasteiger partial charge in [0.05, 0.1) is 7.11 Å². The van der Waals surface area contributed by atoms with Gasteiger partial charge in [-0.25, -0.2) is 9.59 Å². The first-order chi connectivity index (χ1) is 10.1. The van der Waals surface area contributed by atoms with E-state index >= 15 is 0 Å². The van der Waals surface area contributed by atoms with Crippen LogP contribution < -0.4 is 15.8 Å². The first-order valence-electron chi connectivity index (χ1n) is 6.11. The third-order valence-corrected chi connectivity index (χ3v) is 2.70. The Morgan fingerprint density at radius 3 is 2.38 bits per heavy atom. The normalized spacial score (nSPS) is 9.76. The summed E-state index contributed by atoms with van der Waals surface area (Å²) in [6, 6.07) is 14.1. The first kappa shape index (κ1) is 14.4. The molecule has 0 aliphatic rings. The van der Waals surface area contributed by atoms with Crippen LogP contribution in [0.3, 0.4) is 0 Å². The Morgan fingerprint density at radius 2 is 1.76 bits per heavy atom. The third-order valence-electron chi connectivity index (χ3n) is 2.70. The topological polar surface area (TPSA) is 90.7 Å². The molecule has 0 spiro atoms. The molecule has 0 fully saturated rings. The number of ether oxygens (including phenoxy) is 2. The van der Waals surface area contributed by atoms with Gasteiger partial charge in [-0.05, 0) is 35.4 Å². The second-order valence-electron chi connectivity index (χ2n) is 4.14. The molecule has 2 aromatic rings. The second kappa shape index (κ2) is 6.42. The lowest BCUT2D eigenvalue weighted by Crippen LogP contribution is -2.16. The minimum atomic E-state index is -0.855. The van der Waals surface area contributed by atoms with Gasteiger partial charge in [-0.1, -0.05) is 24.3 Å². The van der Waals surface area contributed by atoms with Gasteiger partial charge >= 0.3 is 12.2 Å². The monoisotopic (exact) mass is 286 g/mol. The molecule has 0 aliphatic carbocycles. The van der Waals surface area contributed by atoms with Crippen LogP contribution in [0.15, 0.2) is 48.5 Å². The molecule has 0 saturated heterocycles. The minimum absolute atomic E-state index is 0.370. The van der Waals surface area contributed by atoms with Crippen molar-refractivity contribution in [2.24, 2.45) is 5.73 Å². The lowest BCUT2D eigenvalue weighted by molar-refractivity contribution is 0.187. The molecule has 6 nitrogen and oxygen atoms in total. The third kappa shape index (κ3) is 3.97. The second-order valence-corrected chi connectivity index (χ2v) is 4.14. The summed E-state index contributed by atoms with van der Waals surface area (Å²) in [5, 5.41) is 2.59. The highest BCUT2D eigenvalue weighted by Gasteiger charge is 2.04. The molecule has 0 aromatic heterocycles. The van der Waals surface area contributed by atoms with Crippen LogP contribution in [0.25, 0.3) is 11.1 Å². The van der Waals surface area contributed by atoms with E-state index in [-0.39, 0.29) is 0 Å². The van der Waals surface area contributed by atoms with Crippen LogP contribution in [0.1, 0.15) is 0 Å². The average Bonchev–Trinajstić information content (AvgIpc) is 2.47. The van der Waals surface area contributed by atoms with Gasteiger partial charge < -0.3 is 15.2 Å². The fraction of sp³-hybridized carbons (Fsp3) is 0.0667. The summed E-state index contributed by atoms with van der Waals surface area (Å²) in [5.41, 5.74) is 7.36. The molecule has 0 saturated carbocycles. The Bertz CT molecular complexity index is 653. The number of nitrogens with two attached hydrogens (primary N) is 1. The summed E-state index contributed by atoms with van der Waals surface area (Å²) in [6.07, 6.45) is -1.38. The fourth-order valence-electron chi connectivity index (χ4n) is 1.78. The summed E-state index contributed by atoms with van der Waals surface area (Å²) in [6.45, 7) is 0. The van der Waals surface area contributed by atoms with Gasteiger partial charge in [0, 0.05) is 5.69 Å². The molecule has 21 heavy (non-hydrogen) atoms. The molecule has 6 heteroatoms. The highest BCUT2D eigenvalue weighted by molar-refractivity contribution is 5.85. The Hall–Kier alpha value is -3.02. The SMILES string of the molecule is COC(=O)Nc1cccc(-c2ccc(OC(N)=O)cc2)c1. The highest BCUT2D eigenvalue weighted by atomic mass is 16.5. The summed E-state index contributed by atoms with van der Waals surface area (Å²) < 4.78 is 9.30. The number of carbonyl (C=O) groups is 2. The lowest BCUT2D eigenvalue weighted by atomic mass is 10.1. The molecule has 0 aliphatic heterocycles. The summed E-state index contributed by atoms with van der Waals surface area (Å²) in [4.78, 5) is 21.8. The summed E-state index contributed by atoms with van der Waals surface area (Å²) in [7, 11) is 1.30. The van der Waals surface area contributed by atoms with E-state index in [9.17, 15) is 9.59 Å². The van der Waals surface area contributed by atoms with Crippen LogP contribution in [0, 0.1) is 0 Å². The number of hydrogen-bond donors (Lipinski definition) is 2. The molecule has 0 unspecified atom stereocenters. The number of anilines is 1. The Labute approximate surface area is 121 Å². The predicted octanol–water partition coefficient (Wildman–Crippen LogP) is 2.99. The molecule has 0 atom stereocenters. The molecule has 108 valence electrons. The number of methoxy groups -OCH3 is 1. The zero-order valence-corrected chi connectivity index (χ0v) is 11.3. The van der Waals surface area contributed by atoms with Crippen molar-refractivity contribution in [3.63, 3.8) is 0 Å². The van der Waals surface area contributed by atoms with Crippen molar-refractivity contribution >= 4 is 17.9 Å². The van der Waals surface area contributed by atoms with Gasteiger partial charge in [0.2, 0.25) is 0 Å². The number of rotatable bonds is 3. The number of primary amides is 1. The maximum absolute atomic E-state index is 11.2. The van der Waals surface area contributed by atoms with E-state index in [0.717, 1.165) is 11.1 Å². The molecule has 0 radical (unpaired) electrons. The summed E-state index contributed by atoms with van der Waals surface area (Å²) >= 11 is 0. The van der Waals surface area contributed by atoms with Crippen molar-refractivity contribution in [3.05, 3.63) is 48.5 Å². The van der Waals surface area contributed by atoms with Gasteiger partial charge in [0.1, 0.15) is 5.75 Å². The maximum Gasteiger partial charge on any atom is 0.411 e. The van der Waals surface area contributed by atoms with Crippen molar-refractivity contribution in [3.8, 4) is 16.9 Å². The van der Waals surface area contributed by atoms with Crippen molar-refractivity contribution in [1.82, 2.24) is 0 Å². The molecule has 0 bridgehead atoms. The smallest absolute Gasteiger partial charge is 0.411 e. The van der Waals surface area contributed by atoms with Gasteiger partial charge in [-0.3, -0.25) is 5.32 Å². The Morgan fingerprint density at radius 1 is 1.05 bits per heavy atom. The largest absolute Gasteiger partial charge is 0.453 e. The fourth-order valence-corrected chi connectivity index (χ4v) is 1.78. The van der Waals surface area contributed by atoms with E-state index in [1.807, 2.05) is 12.1 Å². The average molecular weight is 286 g/mol. The van der Waals surface area contributed by atoms with Crippen LogP contribution >= 0.6 is 0 Å². The molecule has 2 rings (SSSR count). The zero-order valence-electron chi connectivity index (χ0n) is 11.3. The van der Waals surface area contributed by atoms with Gasteiger partial charge in [0.25, 0.3) is 0 Å². The van der Waals surface area contributed by atoms with Gasteiger partial charge in [-0.2, -0.15) is 0 Å². The summed E-state index contributed by atoms with van der Waals surface area (Å²) in [5.74, 6) is 0.370. The Balaban J connectivity index is 2.19. The number of nitrogens with one attached hydrogen (secondary N) is 1. The molecule has 2 aromatic carbocycles. The molecule has 0 heterocycles. The zero-order chi connectivity index (χ0) is 15.2. The lowest BCUT2D eigenvalue weighted by Gasteiger charge is -2.07. The number of hydrogen-bond acceptors (Lipinski definition) is 4. The predicted molar refractivity (Wildman–Crippen MR) is 78.1 cm³/mol. The van der Waals surface area contributed by atoms with Crippen LogP contribution in [-0.2, 0) is 4.74 Å². The van der Waals surface area contributed by atoms with Crippen LogP contribution in [-0.4, -0.2) is 19.3 Å². The highest BCUT2D eigenvalue weighted by Crippen LogP contribution is 2.25. The van der Waals surface area contributed by atoms with Crippen molar-refractivity contribution in [1.29, 1.82) is 0 Å². The van der Waals surface area contributed by atoms with E-state index in [1.54, 1.807) is 36.4 Å². The molecule has 3 N–H and O–H groups in total. The maximum atomic E-state index is 11.2. The molecular formula is C15H14N2O4. The van der Waals surface area contributed by atoms with Crippen LogP contribution in [0.5, 0.6) is 5.75 Å². The van der Waals surface area contributed by atoms with Crippen molar-refractivity contribution in [2.45, 2.75) is 0 Å². The van der Waals surface area contributed by atoms with E-state index in [4.69, 9.17) is 10.5 Å². The molecular weight excluding hydrogens is 272 g/mol. The van der Waals surface area contributed by atoms with E-state index in [0.29, 0.717) is 11.4 Å². The standard InChI is InChI=1S/C15H14N2O4/c1-20-15(19)17-12-4-2-3-11(9-12)10-5-7-13(8-6-10)21-14(16)18/h2-9H,1H3,(H2,16,18)(H,17,19). The van der Waals surface area contributed by atoms with Crippen molar-refractivity contribution in [2.75, 3.05) is 12.4 Å². The number of carbonyl (C=O) groups excluding carboxylic acids is 2. The van der Waals surface area contributed by atoms with Crippen molar-refractivity contribution < 1.29 is 19.1 Å². The number of amides is 2.